The second kappa shape index (κ2) is 11.2. The van der Waals surface area contributed by atoms with Gasteiger partial charge in [-0.1, -0.05) is 29.8 Å². The molecule has 7 heteroatoms. The Morgan fingerprint density at radius 1 is 1.03 bits per heavy atom. The highest BCUT2D eigenvalue weighted by molar-refractivity contribution is 7.12. The summed E-state index contributed by atoms with van der Waals surface area (Å²) in [5.74, 6) is 1.90. The van der Waals surface area contributed by atoms with E-state index in [1.165, 1.54) is 11.3 Å². The number of nitrogens with zero attached hydrogens (tertiary/aromatic N) is 2. The van der Waals surface area contributed by atoms with Crippen molar-refractivity contribution in [2.45, 2.75) is 32.2 Å². The van der Waals surface area contributed by atoms with E-state index in [1.807, 2.05) is 47.8 Å². The van der Waals surface area contributed by atoms with Crippen LogP contribution in [-0.4, -0.2) is 28.6 Å². The molecule has 0 aliphatic carbocycles. The highest BCUT2D eigenvalue weighted by Crippen LogP contribution is 2.19. The molecular formula is C25H26ClN3O2S. The molecule has 0 bridgehead atoms. The molecule has 0 unspecified atom stereocenters. The van der Waals surface area contributed by atoms with Gasteiger partial charge in [-0.25, -0.2) is 4.98 Å². The molecule has 166 valence electrons. The summed E-state index contributed by atoms with van der Waals surface area (Å²) in [7, 11) is 0. The Bertz CT molecular complexity index is 1140. The van der Waals surface area contributed by atoms with Gasteiger partial charge in [0.25, 0.3) is 5.91 Å². The van der Waals surface area contributed by atoms with E-state index in [0.29, 0.717) is 18.2 Å². The second-order valence-corrected chi connectivity index (χ2v) is 8.90. The summed E-state index contributed by atoms with van der Waals surface area (Å²) >= 11 is 7.37. The number of imidazole rings is 1. The molecular weight excluding hydrogens is 442 g/mol. The number of fused-ring (bicyclic) bond motifs is 1. The Balaban J connectivity index is 1.28. The lowest BCUT2D eigenvalue weighted by Gasteiger charge is -2.10. The first-order valence-electron chi connectivity index (χ1n) is 10.8. The minimum Gasteiger partial charge on any atom is -0.494 e. The first-order valence-corrected chi connectivity index (χ1v) is 12.1. The first kappa shape index (κ1) is 22.4. The number of hydrogen-bond donors (Lipinski definition) is 1. The zero-order valence-corrected chi connectivity index (χ0v) is 19.4. The van der Waals surface area contributed by atoms with Crippen LogP contribution in [0.5, 0.6) is 5.75 Å². The summed E-state index contributed by atoms with van der Waals surface area (Å²) in [4.78, 5) is 17.7. The van der Waals surface area contributed by atoms with Crippen LogP contribution in [0.25, 0.3) is 11.0 Å². The van der Waals surface area contributed by atoms with Crippen LogP contribution in [-0.2, 0) is 13.0 Å². The highest BCUT2D eigenvalue weighted by atomic mass is 35.5. The minimum absolute atomic E-state index is 0.00538. The number of benzene rings is 2. The van der Waals surface area contributed by atoms with Crippen LogP contribution >= 0.6 is 22.9 Å². The van der Waals surface area contributed by atoms with Gasteiger partial charge < -0.3 is 14.6 Å². The van der Waals surface area contributed by atoms with Gasteiger partial charge in [0.15, 0.2) is 0 Å². The van der Waals surface area contributed by atoms with Crippen molar-refractivity contribution in [3.05, 3.63) is 81.8 Å². The van der Waals surface area contributed by atoms with Gasteiger partial charge in [0.1, 0.15) is 11.6 Å². The Hall–Kier alpha value is -2.83. The lowest BCUT2D eigenvalue weighted by atomic mass is 10.2. The van der Waals surface area contributed by atoms with Crippen molar-refractivity contribution in [2.75, 3.05) is 13.2 Å². The maximum Gasteiger partial charge on any atom is 0.261 e. The van der Waals surface area contributed by atoms with Gasteiger partial charge in [-0.05, 0) is 67.1 Å². The van der Waals surface area contributed by atoms with Crippen molar-refractivity contribution in [3.8, 4) is 5.75 Å². The summed E-state index contributed by atoms with van der Waals surface area (Å²) in [6.45, 7) is 2.19. The SMILES string of the molecule is O=C(NCCCc1nc2ccccc2n1CCCCOc1ccc(Cl)cc1)c1cccs1. The lowest BCUT2D eigenvalue weighted by Crippen LogP contribution is -2.24. The number of ether oxygens (including phenoxy) is 1. The molecule has 0 saturated carbocycles. The van der Waals surface area contributed by atoms with E-state index in [0.717, 1.165) is 59.7 Å². The largest absolute Gasteiger partial charge is 0.494 e. The number of aromatic nitrogens is 2. The summed E-state index contributed by atoms with van der Waals surface area (Å²) in [6, 6.07) is 19.4. The monoisotopic (exact) mass is 467 g/mol. The molecule has 4 rings (SSSR count). The van der Waals surface area contributed by atoms with E-state index in [-0.39, 0.29) is 5.91 Å². The molecule has 0 atom stereocenters. The molecule has 32 heavy (non-hydrogen) atoms. The molecule has 0 fully saturated rings. The number of carbonyl (C=O) groups is 1. The molecule has 2 aromatic carbocycles. The molecule has 1 N–H and O–H groups in total. The molecule has 2 aromatic heterocycles. The van der Waals surface area contributed by atoms with Crippen LogP contribution in [0.1, 0.15) is 34.8 Å². The van der Waals surface area contributed by atoms with Crippen LogP contribution in [0.15, 0.2) is 66.0 Å². The van der Waals surface area contributed by atoms with E-state index >= 15 is 0 Å². The van der Waals surface area contributed by atoms with Gasteiger partial charge in [0, 0.05) is 24.5 Å². The van der Waals surface area contributed by atoms with Crippen LogP contribution in [0, 0.1) is 0 Å². The van der Waals surface area contributed by atoms with Crippen LogP contribution in [0.4, 0.5) is 0 Å². The zero-order chi connectivity index (χ0) is 22.2. The number of hydrogen-bond acceptors (Lipinski definition) is 4. The molecule has 5 nitrogen and oxygen atoms in total. The van der Waals surface area contributed by atoms with E-state index in [9.17, 15) is 4.79 Å². The predicted octanol–water partition coefficient (Wildman–Crippen LogP) is 5.97. The quantitative estimate of drug-likeness (QED) is 0.276. The van der Waals surface area contributed by atoms with Crippen molar-refractivity contribution < 1.29 is 9.53 Å². The fourth-order valence-electron chi connectivity index (χ4n) is 3.60. The van der Waals surface area contributed by atoms with Gasteiger partial charge in [-0.15, -0.1) is 11.3 Å². The van der Waals surface area contributed by atoms with Crippen LogP contribution < -0.4 is 10.1 Å². The maximum absolute atomic E-state index is 12.1. The zero-order valence-electron chi connectivity index (χ0n) is 17.8. The summed E-state index contributed by atoms with van der Waals surface area (Å²) in [5.41, 5.74) is 2.17. The fraction of sp³-hybridized carbons (Fsp3) is 0.280. The number of carbonyl (C=O) groups excluding carboxylic acids is 1. The third-order valence-electron chi connectivity index (χ3n) is 5.20. The maximum atomic E-state index is 12.1. The Morgan fingerprint density at radius 2 is 1.88 bits per heavy atom. The predicted molar refractivity (Wildman–Crippen MR) is 131 cm³/mol. The Labute approximate surface area is 197 Å². The smallest absolute Gasteiger partial charge is 0.261 e. The number of nitrogens with one attached hydrogen (secondary N) is 1. The van der Waals surface area contributed by atoms with E-state index < -0.39 is 0 Å². The van der Waals surface area contributed by atoms with Crippen LogP contribution in [0.2, 0.25) is 5.02 Å². The number of para-hydroxylation sites is 2. The highest BCUT2D eigenvalue weighted by Gasteiger charge is 2.11. The fourth-order valence-corrected chi connectivity index (χ4v) is 4.37. The summed E-state index contributed by atoms with van der Waals surface area (Å²) in [6.07, 6.45) is 3.61. The van der Waals surface area contributed by atoms with Gasteiger partial charge in [-0.2, -0.15) is 0 Å². The standard InChI is InChI=1S/C25H26ClN3O2S/c26-19-11-13-20(14-12-19)31-17-4-3-16-29-22-8-2-1-7-21(22)28-24(29)10-5-15-27-25(30)23-9-6-18-32-23/h1-2,6-9,11-14,18H,3-5,10,15-17H2,(H,27,30). The summed E-state index contributed by atoms with van der Waals surface area (Å²) < 4.78 is 8.11. The number of halogens is 1. The Morgan fingerprint density at radius 3 is 2.69 bits per heavy atom. The number of thiophene rings is 1. The summed E-state index contributed by atoms with van der Waals surface area (Å²) in [5, 5.41) is 5.62. The molecule has 2 heterocycles. The molecule has 0 saturated heterocycles. The molecule has 1 amide bonds. The van der Waals surface area contributed by atoms with Crippen molar-refractivity contribution in [3.63, 3.8) is 0 Å². The van der Waals surface area contributed by atoms with Crippen molar-refractivity contribution >= 4 is 39.9 Å². The van der Waals surface area contributed by atoms with E-state index in [2.05, 4.69) is 28.1 Å². The van der Waals surface area contributed by atoms with Gasteiger partial charge in [0.2, 0.25) is 0 Å². The van der Waals surface area contributed by atoms with Crippen molar-refractivity contribution in [1.29, 1.82) is 0 Å². The molecule has 0 aliphatic heterocycles. The van der Waals surface area contributed by atoms with Gasteiger partial charge >= 0.3 is 0 Å². The van der Waals surface area contributed by atoms with E-state index in [4.69, 9.17) is 21.3 Å². The third kappa shape index (κ3) is 5.90. The third-order valence-corrected chi connectivity index (χ3v) is 6.32. The normalized spacial score (nSPS) is 11.0. The average Bonchev–Trinajstić information content (AvgIpc) is 3.46. The number of amides is 1. The minimum atomic E-state index is -0.00538. The first-order chi connectivity index (χ1) is 15.7. The number of aryl methyl sites for hydroxylation is 2. The molecule has 0 spiro atoms. The van der Waals surface area contributed by atoms with Gasteiger partial charge in [-0.3, -0.25) is 4.79 Å². The lowest BCUT2D eigenvalue weighted by molar-refractivity contribution is 0.0957. The van der Waals surface area contributed by atoms with Crippen molar-refractivity contribution in [2.24, 2.45) is 0 Å². The van der Waals surface area contributed by atoms with Crippen LogP contribution in [0.3, 0.4) is 0 Å². The average molecular weight is 468 g/mol. The number of rotatable bonds is 11. The van der Waals surface area contributed by atoms with Crippen molar-refractivity contribution in [1.82, 2.24) is 14.9 Å². The number of unbranched alkanes of at least 4 members (excludes halogenated alkanes) is 1. The Kier molecular flexibility index (Phi) is 7.80. The van der Waals surface area contributed by atoms with Gasteiger partial charge in [0.05, 0.1) is 22.5 Å². The van der Waals surface area contributed by atoms with E-state index in [1.54, 1.807) is 0 Å². The molecule has 0 aliphatic rings. The second-order valence-electron chi connectivity index (χ2n) is 7.51. The molecule has 4 aromatic rings. The topological polar surface area (TPSA) is 56.2 Å². The molecule has 0 radical (unpaired) electrons.